The van der Waals surface area contributed by atoms with Crippen LogP contribution in [-0.2, 0) is 0 Å². The first-order valence-corrected chi connectivity index (χ1v) is 6.82. The lowest BCUT2D eigenvalue weighted by Crippen LogP contribution is -2.45. The Morgan fingerprint density at radius 1 is 0.800 bits per heavy atom. The summed E-state index contributed by atoms with van der Waals surface area (Å²) in [5.74, 6) is 0. The van der Waals surface area contributed by atoms with E-state index in [1.165, 1.54) is 71.2 Å². The minimum atomic E-state index is 0.781. The molecule has 0 aromatic rings. The third kappa shape index (κ3) is 3.46. The van der Waals surface area contributed by atoms with Crippen LogP contribution in [0.15, 0.2) is 0 Å². The molecule has 2 saturated heterocycles. The molecule has 0 amide bonds. The summed E-state index contributed by atoms with van der Waals surface area (Å²) in [6, 6.07) is 0.781. The van der Waals surface area contributed by atoms with Crippen LogP contribution >= 0.6 is 0 Å². The molecule has 15 heavy (non-hydrogen) atoms. The van der Waals surface area contributed by atoms with E-state index < -0.39 is 0 Å². The molecule has 2 rings (SSSR count). The molecule has 0 spiro atoms. The molecule has 0 bridgehead atoms. The molecule has 0 aliphatic carbocycles. The molecule has 0 saturated carbocycles. The summed E-state index contributed by atoms with van der Waals surface area (Å²) in [6.45, 7) is 9.10. The van der Waals surface area contributed by atoms with Gasteiger partial charge < -0.3 is 4.90 Å². The maximum Gasteiger partial charge on any atom is 0.0194 e. The van der Waals surface area contributed by atoms with E-state index >= 15 is 0 Å². The molecule has 88 valence electrons. The van der Waals surface area contributed by atoms with Crippen molar-refractivity contribution < 1.29 is 0 Å². The lowest BCUT2D eigenvalue weighted by molar-refractivity contribution is 0.117. The average molecular weight is 210 g/mol. The van der Waals surface area contributed by atoms with Crippen LogP contribution in [0.4, 0.5) is 0 Å². The Labute approximate surface area is 94.6 Å². The zero-order chi connectivity index (χ0) is 10.5. The van der Waals surface area contributed by atoms with Gasteiger partial charge in [0.05, 0.1) is 0 Å². The summed E-state index contributed by atoms with van der Waals surface area (Å²) in [6.07, 6.45) is 8.59. The first-order chi connectivity index (χ1) is 7.36. The highest BCUT2D eigenvalue weighted by molar-refractivity contribution is 4.76. The number of piperidine rings is 2. The smallest absolute Gasteiger partial charge is 0.0194 e. The van der Waals surface area contributed by atoms with Gasteiger partial charge in [-0.1, -0.05) is 12.8 Å². The van der Waals surface area contributed by atoms with Gasteiger partial charge in [0, 0.05) is 12.6 Å². The third-order valence-corrected chi connectivity index (χ3v) is 3.99. The quantitative estimate of drug-likeness (QED) is 0.705. The van der Waals surface area contributed by atoms with Crippen LogP contribution in [0, 0.1) is 0 Å². The fourth-order valence-corrected chi connectivity index (χ4v) is 2.99. The van der Waals surface area contributed by atoms with Gasteiger partial charge in [-0.25, -0.2) is 0 Å². The zero-order valence-corrected chi connectivity index (χ0v) is 10.2. The van der Waals surface area contributed by atoms with Crippen LogP contribution < -0.4 is 0 Å². The third-order valence-electron chi connectivity index (χ3n) is 3.99. The molecule has 1 atom stereocenters. The van der Waals surface area contributed by atoms with Crippen molar-refractivity contribution >= 4 is 0 Å². The second kappa shape index (κ2) is 5.86. The van der Waals surface area contributed by atoms with E-state index in [9.17, 15) is 0 Å². The van der Waals surface area contributed by atoms with Crippen LogP contribution in [0.25, 0.3) is 0 Å². The van der Waals surface area contributed by atoms with E-state index in [0.29, 0.717) is 0 Å². The van der Waals surface area contributed by atoms with E-state index in [0.717, 1.165) is 6.04 Å². The molecule has 1 unspecified atom stereocenters. The lowest BCUT2D eigenvalue weighted by Gasteiger charge is -2.36. The van der Waals surface area contributed by atoms with Gasteiger partial charge in [-0.3, -0.25) is 4.90 Å². The molecule has 2 nitrogen and oxygen atoms in total. The minimum Gasteiger partial charge on any atom is -0.302 e. The monoisotopic (exact) mass is 210 g/mol. The van der Waals surface area contributed by atoms with E-state index in [2.05, 4.69) is 16.7 Å². The molecule has 0 aromatic carbocycles. The molecule has 2 heteroatoms. The van der Waals surface area contributed by atoms with E-state index in [1.54, 1.807) is 0 Å². The summed E-state index contributed by atoms with van der Waals surface area (Å²) in [5, 5.41) is 0. The second-order valence-corrected chi connectivity index (χ2v) is 5.31. The van der Waals surface area contributed by atoms with Gasteiger partial charge in [-0.2, -0.15) is 0 Å². The Balaban J connectivity index is 1.72. The Bertz CT molecular complexity index is 169. The van der Waals surface area contributed by atoms with Crippen LogP contribution in [-0.4, -0.2) is 48.6 Å². The van der Waals surface area contributed by atoms with Gasteiger partial charge in [0.15, 0.2) is 0 Å². The summed E-state index contributed by atoms with van der Waals surface area (Å²) in [4.78, 5) is 5.36. The number of likely N-dealkylation sites (tertiary alicyclic amines) is 2. The van der Waals surface area contributed by atoms with Gasteiger partial charge in [0.25, 0.3) is 0 Å². The Kier molecular flexibility index (Phi) is 4.45. The van der Waals surface area contributed by atoms with Crippen LogP contribution in [0.1, 0.15) is 45.4 Å². The maximum absolute atomic E-state index is 2.69. The number of nitrogens with zero attached hydrogens (tertiary/aromatic N) is 2. The van der Waals surface area contributed by atoms with Crippen molar-refractivity contribution in [2.45, 2.75) is 51.5 Å². The van der Waals surface area contributed by atoms with Crippen molar-refractivity contribution in [3.63, 3.8) is 0 Å². The van der Waals surface area contributed by atoms with Gasteiger partial charge in [-0.05, 0) is 58.8 Å². The standard InChI is InChI=1S/C13H26N2/c1-13(15-10-6-3-7-11-15)12-14-8-4-2-5-9-14/h13H,2-12H2,1H3. The molecular formula is C13H26N2. The summed E-state index contributed by atoms with van der Waals surface area (Å²) in [7, 11) is 0. The predicted octanol–water partition coefficient (Wildman–Crippen LogP) is 2.35. The van der Waals surface area contributed by atoms with Crippen molar-refractivity contribution in [2.75, 3.05) is 32.7 Å². The molecule has 0 N–H and O–H groups in total. The van der Waals surface area contributed by atoms with Crippen LogP contribution in [0.2, 0.25) is 0 Å². The first-order valence-electron chi connectivity index (χ1n) is 6.82. The highest BCUT2D eigenvalue weighted by atomic mass is 15.2. The normalized spacial score (nSPS) is 27.8. The van der Waals surface area contributed by atoms with Crippen molar-refractivity contribution in [3.8, 4) is 0 Å². The lowest BCUT2D eigenvalue weighted by atomic mass is 10.1. The second-order valence-electron chi connectivity index (χ2n) is 5.31. The topological polar surface area (TPSA) is 6.48 Å². The Morgan fingerprint density at radius 2 is 1.33 bits per heavy atom. The fraction of sp³-hybridized carbons (Fsp3) is 1.00. The number of hydrogen-bond donors (Lipinski definition) is 0. The molecule has 0 aromatic heterocycles. The van der Waals surface area contributed by atoms with Gasteiger partial charge >= 0.3 is 0 Å². The molecule has 2 aliphatic rings. The average Bonchev–Trinajstić information content (AvgIpc) is 2.31. The Hall–Kier alpha value is -0.0800. The molecule has 2 heterocycles. The van der Waals surface area contributed by atoms with Crippen LogP contribution in [0.3, 0.4) is 0 Å². The van der Waals surface area contributed by atoms with Gasteiger partial charge in [-0.15, -0.1) is 0 Å². The van der Waals surface area contributed by atoms with E-state index in [4.69, 9.17) is 0 Å². The molecule has 2 aliphatic heterocycles. The van der Waals surface area contributed by atoms with Gasteiger partial charge in [0.2, 0.25) is 0 Å². The summed E-state index contributed by atoms with van der Waals surface area (Å²) < 4.78 is 0. The minimum absolute atomic E-state index is 0.781. The Morgan fingerprint density at radius 3 is 1.93 bits per heavy atom. The maximum atomic E-state index is 2.69. The van der Waals surface area contributed by atoms with Crippen LogP contribution in [0.5, 0.6) is 0 Å². The highest BCUT2D eigenvalue weighted by Gasteiger charge is 2.19. The van der Waals surface area contributed by atoms with Crippen molar-refractivity contribution in [1.29, 1.82) is 0 Å². The molecule has 0 radical (unpaired) electrons. The summed E-state index contributed by atoms with van der Waals surface area (Å²) >= 11 is 0. The SMILES string of the molecule is CC(CN1CCCCC1)N1CCCCC1. The number of rotatable bonds is 3. The van der Waals surface area contributed by atoms with E-state index in [1.807, 2.05) is 0 Å². The van der Waals surface area contributed by atoms with Crippen molar-refractivity contribution in [2.24, 2.45) is 0 Å². The van der Waals surface area contributed by atoms with E-state index in [-0.39, 0.29) is 0 Å². The van der Waals surface area contributed by atoms with Gasteiger partial charge in [0.1, 0.15) is 0 Å². The molecule has 2 fully saturated rings. The predicted molar refractivity (Wildman–Crippen MR) is 65.2 cm³/mol. The van der Waals surface area contributed by atoms with Crippen molar-refractivity contribution in [3.05, 3.63) is 0 Å². The largest absolute Gasteiger partial charge is 0.302 e. The summed E-state index contributed by atoms with van der Waals surface area (Å²) in [5.41, 5.74) is 0. The highest BCUT2D eigenvalue weighted by Crippen LogP contribution is 2.15. The first kappa shape index (κ1) is 11.4. The zero-order valence-electron chi connectivity index (χ0n) is 10.2. The molecular weight excluding hydrogens is 184 g/mol. The fourth-order valence-electron chi connectivity index (χ4n) is 2.99. The van der Waals surface area contributed by atoms with Crippen molar-refractivity contribution in [1.82, 2.24) is 9.80 Å². The number of hydrogen-bond acceptors (Lipinski definition) is 2.